The van der Waals surface area contributed by atoms with E-state index < -0.39 is 12.2 Å². The Bertz CT molecular complexity index is 1380. The Morgan fingerprint density at radius 1 is 1.09 bits per heavy atom. The van der Waals surface area contributed by atoms with Crippen LogP contribution >= 0.6 is 0 Å². The number of fused-ring (bicyclic) bond motifs is 2. The summed E-state index contributed by atoms with van der Waals surface area (Å²) in [5.74, 6) is 1.74. The number of hydrogen-bond acceptors (Lipinski definition) is 6. The summed E-state index contributed by atoms with van der Waals surface area (Å²) >= 11 is 0. The van der Waals surface area contributed by atoms with Gasteiger partial charge in [-0.25, -0.2) is 15.0 Å². The van der Waals surface area contributed by atoms with Gasteiger partial charge in [0.1, 0.15) is 23.9 Å². The first kappa shape index (κ1) is 22.2. The van der Waals surface area contributed by atoms with Crippen LogP contribution in [0.2, 0.25) is 0 Å². The van der Waals surface area contributed by atoms with E-state index in [0.717, 1.165) is 58.8 Å². The van der Waals surface area contributed by atoms with Gasteiger partial charge in [0.25, 0.3) is 0 Å². The highest BCUT2D eigenvalue weighted by molar-refractivity contribution is 5.84. The third-order valence-electron chi connectivity index (χ3n) is 7.69. The number of aliphatic hydroxyl groups is 2. The summed E-state index contributed by atoms with van der Waals surface area (Å²) in [6, 6.07) is 12.3. The molecular weight excluding hydrogens is 438 g/mol. The van der Waals surface area contributed by atoms with Crippen LogP contribution in [-0.4, -0.2) is 48.5 Å². The zero-order chi connectivity index (χ0) is 23.9. The summed E-state index contributed by atoms with van der Waals surface area (Å²) in [6.45, 7) is 4.82. The highest BCUT2D eigenvalue weighted by atomic mass is 16.3. The monoisotopic (exact) mass is 469 g/mol. The summed E-state index contributed by atoms with van der Waals surface area (Å²) < 4.78 is 1.98. The standard InChI is InChI=1S/C28H31N5O2/c1-2-22-21-11-12-33(28(21)31-16-30-22)24-14-20(26(34)27(24)35)8-6-17-5-7-19-9-10-25(32-23(19)13-17)29-15-18-3-4-18/h2,5,7,9-13,16,18,20,24,26-27,34-35H,1,3-4,6,8,14-15H2,(H,29,32)/t20-,24+,26+,27-/m0/s1. The maximum atomic E-state index is 10.9. The summed E-state index contributed by atoms with van der Waals surface area (Å²) in [7, 11) is 0. The molecule has 7 heteroatoms. The van der Waals surface area contributed by atoms with Crippen LogP contribution in [0.15, 0.2) is 55.5 Å². The fourth-order valence-corrected chi connectivity index (χ4v) is 5.42. The molecule has 2 saturated carbocycles. The van der Waals surface area contributed by atoms with Crippen molar-refractivity contribution < 1.29 is 10.2 Å². The minimum absolute atomic E-state index is 0.00311. The molecule has 0 unspecified atom stereocenters. The molecule has 3 aromatic heterocycles. The van der Waals surface area contributed by atoms with Gasteiger partial charge in [0.05, 0.1) is 23.4 Å². The van der Waals surface area contributed by atoms with Crippen LogP contribution in [0.3, 0.4) is 0 Å². The number of aliphatic hydroxyl groups excluding tert-OH is 2. The summed E-state index contributed by atoms with van der Waals surface area (Å²) in [4.78, 5) is 13.5. The van der Waals surface area contributed by atoms with Gasteiger partial charge in [-0.2, -0.15) is 0 Å². The van der Waals surface area contributed by atoms with E-state index in [2.05, 4.69) is 52.2 Å². The fourth-order valence-electron chi connectivity index (χ4n) is 5.42. The van der Waals surface area contributed by atoms with Crippen LogP contribution in [0.5, 0.6) is 0 Å². The normalized spacial score (nSPS) is 24.3. The van der Waals surface area contributed by atoms with E-state index in [0.29, 0.717) is 6.42 Å². The van der Waals surface area contributed by atoms with Gasteiger partial charge in [0.15, 0.2) is 0 Å². The molecule has 0 aliphatic heterocycles. The van der Waals surface area contributed by atoms with Gasteiger partial charge in [-0.15, -0.1) is 0 Å². The fraction of sp³-hybridized carbons (Fsp3) is 0.393. The number of benzene rings is 1. The first-order valence-corrected chi connectivity index (χ1v) is 12.5. The van der Waals surface area contributed by atoms with E-state index in [4.69, 9.17) is 4.98 Å². The Morgan fingerprint density at radius 2 is 1.94 bits per heavy atom. The van der Waals surface area contributed by atoms with E-state index in [1.807, 2.05) is 16.8 Å². The quantitative estimate of drug-likeness (QED) is 0.355. The van der Waals surface area contributed by atoms with Crippen molar-refractivity contribution in [3.63, 3.8) is 0 Å². The molecule has 0 amide bonds. The van der Waals surface area contributed by atoms with E-state index in [1.54, 1.807) is 6.08 Å². The predicted molar refractivity (Wildman–Crippen MR) is 138 cm³/mol. The van der Waals surface area contributed by atoms with Crippen LogP contribution < -0.4 is 5.32 Å². The summed E-state index contributed by atoms with van der Waals surface area (Å²) in [5.41, 5.74) is 3.72. The lowest BCUT2D eigenvalue weighted by molar-refractivity contribution is 0.00545. The molecular formula is C28H31N5O2. The molecule has 35 heavy (non-hydrogen) atoms. The number of pyridine rings is 1. The molecule has 180 valence electrons. The lowest BCUT2D eigenvalue weighted by Crippen LogP contribution is -2.29. The van der Waals surface area contributed by atoms with Crippen molar-refractivity contribution in [1.82, 2.24) is 19.5 Å². The van der Waals surface area contributed by atoms with Crippen LogP contribution in [0.25, 0.3) is 28.0 Å². The number of nitrogens with one attached hydrogen (secondary N) is 1. The molecule has 6 rings (SSSR count). The van der Waals surface area contributed by atoms with Gasteiger partial charge in [-0.1, -0.05) is 18.7 Å². The average molecular weight is 470 g/mol. The summed E-state index contributed by atoms with van der Waals surface area (Å²) in [6.07, 6.45) is 8.51. The van der Waals surface area contributed by atoms with Crippen molar-refractivity contribution in [3.8, 4) is 0 Å². The molecule has 0 spiro atoms. The van der Waals surface area contributed by atoms with Gasteiger partial charge < -0.3 is 20.1 Å². The molecule has 3 N–H and O–H groups in total. The molecule has 0 radical (unpaired) electrons. The Labute approximate surface area is 204 Å². The first-order valence-electron chi connectivity index (χ1n) is 12.5. The Balaban J connectivity index is 1.16. The highest BCUT2D eigenvalue weighted by Gasteiger charge is 2.42. The molecule has 7 nitrogen and oxygen atoms in total. The van der Waals surface area contributed by atoms with Crippen molar-refractivity contribution in [3.05, 3.63) is 66.8 Å². The molecule has 0 bridgehead atoms. The van der Waals surface area contributed by atoms with E-state index in [-0.39, 0.29) is 12.0 Å². The van der Waals surface area contributed by atoms with Crippen molar-refractivity contribution in [1.29, 1.82) is 0 Å². The van der Waals surface area contributed by atoms with Crippen molar-refractivity contribution in [2.24, 2.45) is 11.8 Å². The Kier molecular flexibility index (Phi) is 5.74. The second-order valence-electron chi connectivity index (χ2n) is 10.1. The SMILES string of the molecule is C=Cc1ncnc2c1ccn2[C@@H]1C[C@H](CCc2ccc3ccc(NCC4CC4)nc3c2)[C@@H](O)[C@H]1O. The van der Waals surface area contributed by atoms with Gasteiger partial charge in [0.2, 0.25) is 0 Å². The lowest BCUT2D eigenvalue weighted by atomic mass is 9.95. The second-order valence-corrected chi connectivity index (χ2v) is 10.1. The van der Waals surface area contributed by atoms with Crippen LogP contribution in [0.1, 0.15) is 43.0 Å². The van der Waals surface area contributed by atoms with Crippen LogP contribution in [0, 0.1) is 11.8 Å². The number of hydrogen-bond donors (Lipinski definition) is 3. The minimum Gasteiger partial charge on any atom is -0.390 e. The van der Waals surface area contributed by atoms with E-state index in [9.17, 15) is 10.2 Å². The van der Waals surface area contributed by atoms with Crippen LogP contribution in [-0.2, 0) is 6.42 Å². The Morgan fingerprint density at radius 3 is 2.77 bits per heavy atom. The minimum atomic E-state index is -0.837. The molecule has 4 aromatic rings. The largest absolute Gasteiger partial charge is 0.390 e. The highest BCUT2D eigenvalue weighted by Crippen LogP contribution is 2.39. The number of aryl methyl sites for hydroxylation is 1. The Hall–Kier alpha value is -3.29. The molecule has 3 heterocycles. The topological polar surface area (TPSA) is 96.1 Å². The number of rotatable bonds is 8. The number of anilines is 1. The van der Waals surface area contributed by atoms with E-state index in [1.165, 1.54) is 24.7 Å². The van der Waals surface area contributed by atoms with Crippen molar-refractivity contribution in [2.75, 3.05) is 11.9 Å². The number of nitrogens with zero attached hydrogens (tertiary/aromatic N) is 4. The predicted octanol–water partition coefficient (Wildman–Crippen LogP) is 4.36. The summed E-state index contributed by atoms with van der Waals surface area (Å²) in [5, 5.41) is 27.2. The zero-order valence-electron chi connectivity index (χ0n) is 19.7. The van der Waals surface area contributed by atoms with Gasteiger partial charge in [-0.05, 0) is 79.8 Å². The van der Waals surface area contributed by atoms with E-state index >= 15 is 0 Å². The van der Waals surface area contributed by atoms with Gasteiger partial charge in [0, 0.05) is 23.5 Å². The van der Waals surface area contributed by atoms with Crippen molar-refractivity contribution in [2.45, 2.75) is 50.4 Å². The average Bonchev–Trinajstić information content (AvgIpc) is 3.56. The van der Waals surface area contributed by atoms with Crippen LogP contribution in [0.4, 0.5) is 5.82 Å². The molecule has 2 aliphatic carbocycles. The smallest absolute Gasteiger partial charge is 0.144 e. The molecule has 1 aromatic carbocycles. The number of aromatic nitrogens is 4. The third-order valence-corrected chi connectivity index (χ3v) is 7.69. The molecule has 4 atom stereocenters. The first-order chi connectivity index (χ1) is 17.1. The van der Waals surface area contributed by atoms with Crippen molar-refractivity contribution >= 4 is 33.8 Å². The second kappa shape index (κ2) is 9.06. The molecule has 2 fully saturated rings. The lowest BCUT2D eigenvalue weighted by Gasteiger charge is -2.19. The molecule has 0 saturated heterocycles. The zero-order valence-corrected chi connectivity index (χ0v) is 19.7. The maximum Gasteiger partial charge on any atom is 0.144 e. The van der Waals surface area contributed by atoms with Gasteiger partial charge in [-0.3, -0.25) is 0 Å². The maximum absolute atomic E-state index is 10.9. The third kappa shape index (κ3) is 4.30. The molecule has 2 aliphatic rings. The van der Waals surface area contributed by atoms with Gasteiger partial charge >= 0.3 is 0 Å².